The summed E-state index contributed by atoms with van der Waals surface area (Å²) in [6.45, 7) is 4.88. The molecular weight excluding hydrogens is 947 g/mol. The molecule has 6 heteroatoms. The standard InChI is InChI=1S/C71H131NO5/c1-3-5-7-9-11-13-15-17-18-37-41-45-49-53-57-61-65-71(76)77-66-62-58-54-50-46-42-38-35-33-31-29-27-25-23-21-19-20-22-24-26-28-30-32-34-36-40-44-48-52-56-60-64-70(75)72-68(67-73)69(74)63-59-55-51-47-43-39-16-14-12-10-8-6-4-2/h13,15,18,21,23,27,29,37,59,63,68-69,73-74H,3-12,14,16-17,19-20,22,24-26,28,30-36,38-58,60-62,64-67H2,1-2H3,(H,72,75)/b15-13-,23-21-,29-27-,37-18-,63-59+. The largest absolute Gasteiger partial charge is 0.466 e. The van der Waals surface area contributed by atoms with Crippen molar-refractivity contribution in [1.82, 2.24) is 5.32 Å². The minimum Gasteiger partial charge on any atom is -0.466 e. The number of esters is 1. The molecule has 2 atom stereocenters. The number of hydrogen-bond acceptors (Lipinski definition) is 5. The number of carbonyl (C=O) groups excluding carboxylic acids is 2. The molecule has 0 bridgehead atoms. The molecule has 0 fully saturated rings. The van der Waals surface area contributed by atoms with Crippen molar-refractivity contribution in [2.45, 2.75) is 366 Å². The molecule has 450 valence electrons. The van der Waals surface area contributed by atoms with E-state index >= 15 is 0 Å². The second-order valence-corrected chi connectivity index (χ2v) is 23.1. The van der Waals surface area contributed by atoms with Crippen LogP contribution in [0.2, 0.25) is 0 Å². The van der Waals surface area contributed by atoms with Crippen LogP contribution in [0.15, 0.2) is 60.8 Å². The first-order valence-electron chi connectivity index (χ1n) is 34.1. The Kier molecular flexibility index (Phi) is 64.0. The highest BCUT2D eigenvalue weighted by atomic mass is 16.5. The third kappa shape index (κ3) is 62.6. The van der Waals surface area contributed by atoms with Gasteiger partial charge in [0.1, 0.15) is 0 Å². The fraction of sp³-hybridized carbons (Fsp3) is 0.831. The molecular formula is C71H131NO5. The third-order valence-electron chi connectivity index (χ3n) is 15.5. The monoisotopic (exact) mass is 1080 g/mol. The van der Waals surface area contributed by atoms with Crippen LogP contribution >= 0.6 is 0 Å². The lowest BCUT2D eigenvalue weighted by Gasteiger charge is -2.20. The Labute approximate surface area is 479 Å². The van der Waals surface area contributed by atoms with Crippen LogP contribution in [0, 0.1) is 0 Å². The summed E-state index contributed by atoms with van der Waals surface area (Å²) in [4.78, 5) is 24.5. The summed E-state index contributed by atoms with van der Waals surface area (Å²) in [5, 5.41) is 23.1. The van der Waals surface area contributed by atoms with Gasteiger partial charge in [-0.25, -0.2) is 0 Å². The molecule has 0 aliphatic carbocycles. The zero-order chi connectivity index (χ0) is 55.7. The highest BCUT2D eigenvalue weighted by Gasteiger charge is 2.18. The predicted octanol–water partition coefficient (Wildman–Crippen LogP) is 21.9. The van der Waals surface area contributed by atoms with Gasteiger partial charge in [0.05, 0.1) is 25.4 Å². The lowest BCUT2D eigenvalue weighted by Crippen LogP contribution is -2.45. The van der Waals surface area contributed by atoms with Crippen molar-refractivity contribution in [3.63, 3.8) is 0 Å². The van der Waals surface area contributed by atoms with Gasteiger partial charge in [-0.1, -0.05) is 306 Å². The molecule has 2 unspecified atom stereocenters. The van der Waals surface area contributed by atoms with Crippen molar-refractivity contribution >= 4 is 11.9 Å². The van der Waals surface area contributed by atoms with E-state index in [0.717, 1.165) is 57.8 Å². The first-order valence-corrected chi connectivity index (χ1v) is 34.1. The summed E-state index contributed by atoms with van der Waals surface area (Å²) in [6.07, 6.45) is 87.2. The second-order valence-electron chi connectivity index (χ2n) is 23.1. The van der Waals surface area contributed by atoms with Gasteiger partial charge >= 0.3 is 5.97 Å². The highest BCUT2D eigenvalue weighted by molar-refractivity contribution is 5.76. The van der Waals surface area contributed by atoms with Crippen LogP contribution in [0.1, 0.15) is 354 Å². The van der Waals surface area contributed by atoms with E-state index < -0.39 is 12.1 Å². The summed E-state index contributed by atoms with van der Waals surface area (Å²) >= 11 is 0. The van der Waals surface area contributed by atoms with Gasteiger partial charge in [0.25, 0.3) is 0 Å². The van der Waals surface area contributed by atoms with Crippen molar-refractivity contribution in [1.29, 1.82) is 0 Å². The van der Waals surface area contributed by atoms with Gasteiger partial charge in [0, 0.05) is 12.8 Å². The number of carbonyl (C=O) groups is 2. The van der Waals surface area contributed by atoms with E-state index in [0.29, 0.717) is 19.4 Å². The number of hydrogen-bond donors (Lipinski definition) is 3. The van der Waals surface area contributed by atoms with Gasteiger partial charge in [-0.15, -0.1) is 0 Å². The Morgan fingerprint density at radius 1 is 0.364 bits per heavy atom. The lowest BCUT2D eigenvalue weighted by atomic mass is 10.0. The SMILES string of the molecule is CCCCCC/C=C\C/C=C\CCCCCCCC(=O)OCCCCCCCCCCC/C=C\C/C=C\CCCCCCCCCCCCCCCCCC(=O)NC(CO)C(O)/C=C/CCCCCCCCCCCCC. The number of amides is 1. The number of allylic oxidation sites excluding steroid dienone is 9. The van der Waals surface area contributed by atoms with E-state index in [9.17, 15) is 19.8 Å². The molecule has 0 radical (unpaired) electrons. The van der Waals surface area contributed by atoms with Crippen LogP contribution in [0.25, 0.3) is 0 Å². The topological polar surface area (TPSA) is 95.9 Å². The van der Waals surface area contributed by atoms with E-state index in [1.54, 1.807) is 6.08 Å². The highest BCUT2D eigenvalue weighted by Crippen LogP contribution is 2.17. The number of unbranched alkanes of at least 4 members (excludes halogenated alkanes) is 44. The van der Waals surface area contributed by atoms with Crippen LogP contribution in [-0.2, 0) is 14.3 Å². The average Bonchev–Trinajstić information content (AvgIpc) is 3.43. The molecule has 0 aliphatic rings. The van der Waals surface area contributed by atoms with Crippen LogP contribution in [0.3, 0.4) is 0 Å². The molecule has 0 aromatic carbocycles. The van der Waals surface area contributed by atoms with Gasteiger partial charge in [0.2, 0.25) is 5.91 Å². The maximum Gasteiger partial charge on any atom is 0.305 e. The van der Waals surface area contributed by atoms with E-state index in [-0.39, 0.29) is 18.5 Å². The normalized spacial score (nSPS) is 12.9. The Hall–Kier alpha value is -2.44. The summed E-state index contributed by atoms with van der Waals surface area (Å²) in [6, 6.07) is -0.628. The number of rotatable bonds is 63. The first-order chi connectivity index (χ1) is 38.0. The summed E-state index contributed by atoms with van der Waals surface area (Å²) in [5.74, 6) is -0.0682. The number of aliphatic hydroxyl groups is 2. The van der Waals surface area contributed by atoms with Crippen LogP contribution in [-0.4, -0.2) is 47.4 Å². The molecule has 0 spiro atoms. The van der Waals surface area contributed by atoms with Crippen molar-refractivity contribution in [3.05, 3.63) is 60.8 Å². The third-order valence-corrected chi connectivity index (χ3v) is 15.5. The molecule has 0 saturated heterocycles. The van der Waals surface area contributed by atoms with E-state index in [1.807, 2.05) is 6.08 Å². The molecule has 0 aromatic heterocycles. The average molecular weight is 1080 g/mol. The van der Waals surface area contributed by atoms with Gasteiger partial charge in [-0.2, -0.15) is 0 Å². The summed E-state index contributed by atoms with van der Waals surface area (Å²) in [7, 11) is 0. The molecule has 3 N–H and O–H groups in total. The van der Waals surface area contributed by atoms with Crippen molar-refractivity contribution < 1.29 is 24.5 Å². The Bertz CT molecular complexity index is 1340. The fourth-order valence-corrected chi connectivity index (χ4v) is 10.3. The maximum atomic E-state index is 12.5. The molecule has 1 amide bonds. The quantitative estimate of drug-likeness (QED) is 0.0320. The van der Waals surface area contributed by atoms with Crippen molar-refractivity contribution in [3.8, 4) is 0 Å². The van der Waals surface area contributed by atoms with Gasteiger partial charge in [-0.05, 0) is 96.3 Å². The van der Waals surface area contributed by atoms with E-state index in [4.69, 9.17) is 4.74 Å². The molecule has 0 aromatic rings. The smallest absolute Gasteiger partial charge is 0.305 e. The summed E-state index contributed by atoms with van der Waals surface area (Å²) < 4.78 is 5.48. The van der Waals surface area contributed by atoms with Crippen LogP contribution in [0.5, 0.6) is 0 Å². The minimum atomic E-state index is -0.844. The molecule has 6 nitrogen and oxygen atoms in total. The Morgan fingerprint density at radius 2 is 0.649 bits per heavy atom. The maximum absolute atomic E-state index is 12.5. The van der Waals surface area contributed by atoms with E-state index in [1.165, 1.54) is 270 Å². The minimum absolute atomic E-state index is 0.000945. The summed E-state index contributed by atoms with van der Waals surface area (Å²) in [5.41, 5.74) is 0. The zero-order valence-corrected chi connectivity index (χ0v) is 51.4. The van der Waals surface area contributed by atoms with Gasteiger partial charge in [0.15, 0.2) is 0 Å². The number of ether oxygens (including phenoxy) is 1. The predicted molar refractivity (Wildman–Crippen MR) is 338 cm³/mol. The van der Waals surface area contributed by atoms with Crippen LogP contribution < -0.4 is 5.32 Å². The van der Waals surface area contributed by atoms with Crippen molar-refractivity contribution in [2.75, 3.05) is 13.2 Å². The van der Waals surface area contributed by atoms with Crippen LogP contribution in [0.4, 0.5) is 0 Å². The van der Waals surface area contributed by atoms with Gasteiger partial charge < -0.3 is 20.3 Å². The molecule has 77 heavy (non-hydrogen) atoms. The lowest BCUT2D eigenvalue weighted by molar-refractivity contribution is -0.143. The number of aliphatic hydroxyl groups excluding tert-OH is 2. The molecule has 0 saturated carbocycles. The molecule has 0 rings (SSSR count). The van der Waals surface area contributed by atoms with Gasteiger partial charge in [-0.3, -0.25) is 9.59 Å². The van der Waals surface area contributed by atoms with E-state index in [2.05, 4.69) is 67.8 Å². The molecule has 0 heterocycles. The van der Waals surface area contributed by atoms with Crippen molar-refractivity contribution in [2.24, 2.45) is 0 Å². The fourth-order valence-electron chi connectivity index (χ4n) is 10.3. The second kappa shape index (κ2) is 66.1. The first kappa shape index (κ1) is 74.6. The number of nitrogens with one attached hydrogen (secondary N) is 1. The Balaban J connectivity index is 3.41. The zero-order valence-electron chi connectivity index (χ0n) is 51.4. The molecule has 0 aliphatic heterocycles. The Morgan fingerprint density at radius 3 is 1.00 bits per heavy atom.